The number of benzene rings is 2. The van der Waals surface area contributed by atoms with Crippen molar-refractivity contribution in [3.63, 3.8) is 0 Å². The number of carbonyl (C=O) groups excluding carboxylic acids is 1. The number of carbonyl (C=O) groups is 1. The molecule has 0 fully saturated rings. The Morgan fingerprint density at radius 1 is 1.11 bits per heavy atom. The van der Waals surface area contributed by atoms with E-state index in [-0.39, 0.29) is 18.5 Å². The van der Waals surface area contributed by atoms with Gasteiger partial charge in [-0.15, -0.1) is 0 Å². The molecule has 152 valence electrons. The average Bonchev–Trinajstić information content (AvgIpc) is 2.58. The Morgan fingerprint density at radius 3 is 2.29 bits per heavy atom. The highest BCUT2D eigenvalue weighted by Gasteiger charge is 2.25. The SMILES string of the molecule is COc1ccc(C)cc1N(CC(=O)N[C@@H](C)c1ccc(C)cc1C)S(C)(=O)=O. The minimum absolute atomic E-state index is 0.242. The van der Waals surface area contributed by atoms with E-state index in [0.29, 0.717) is 11.4 Å². The highest BCUT2D eigenvalue weighted by Crippen LogP contribution is 2.31. The van der Waals surface area contributed by atoms with E-state index in [1.54, 1.807) is 12.1 Å². The first kappa shape index (κ1) is 21.8. The van der Waals surface area contributed by atoms with Crippen LogP contribution in [-0.4, -0.2) is 34.2 Å². The smallest absolute Gasteiger partial charge is 0.241 e. The van der Waals surface area contributed by atoms with Crippen molar-refractivity contribution in [2.45, 2.75) is 33.7 Å². The van der Waals surface area contributed by atoms with Crippen molar-refractivity contribution in [1.82, 2.24) is 5.32 Å². The number of amides is 1. The van der Waals surface area contributed by atoms with E-state index < -0.39 is 10.0 Å². The fourth-order valence-corrected chi connectivity index (χ4v) is 4.03. The number of hydrogen-bond donors (Lipinski definition) is 1. The Labute approximate surface area is 167 Å². The van der Waals surface area contributed by atoms with Crippen LogP contribution >= 0.6 is 0 Å². The number of methoxy groups -OCH3 is 1. The summed E-state index contributed by atoms with van der Waals surface area (Å²) in [4.78, 5) is 12.7. The molecule has 2 aromatic carbocycles. The van der Waals surface area contributed by atoms with E-state index >= 15 is 0 Å². The topological polar surface area (TPSA) is 75.7 Å². The minimum Gasteiger partial charge on any atom is -0.495 e. The number of nitrogens with zero attached hydrogens (tertiary/aromatic N) is 1. The minimum atomic E-state index is -3.68. The molecule has 0 aliphatic heterocycles. The molecule has 28 heavy (non-hydrogen) atoms. The number of anilines is 1. The second-order valence-electron chi connectivity index (χ2n) is 7.09. The Kier molecular flexibility index (Phi) is 6.72. The van der Waals surface area contributed by atoms with E-state index in [0.717, 1.165) is 32.8 Å². The number of hydrogen-bond acceptors (Lipinski definition) is 4. The second-order valence-corrected chi connectivity index (χ2v) is 9.00. The van der Waals surface area contributed by atoms with Crippen molar-refractivity contribution < 1.29 is 17.9 Å². The number of rotatable bonds is 7. The molecule has 0 bridgehead atoms. The summed E-state index contributed by atoms with van der Waals surface area (Å²) in [6.45, 7) is 7.41. The van der Waals surface area contributed by atoms with Gasteiger partial charge in [0.1, 0.15) is 12.3 Å². The van der Waals surface area contributed by atoms with Crippen molar-refractivity contribution in [2.75, 3.05) is 24.2 Å². The molecule has 0 unspecified atom stereocenters. The maximum absolute atomic E-state index is 12.7. The van der Waals surface area contributed by atoms with Gasteiger partial charge in [-0.25, -0.2) is 8.42 Å². The summed E-state index contributed by atoms with van der Waals surface area (Å²) in [6.07, 6.45) is 1.08. The van der Waals surface area contributed by atoms with Gasteiger partial charge >= 0.3 is 0 Å². The van der Waals surface area contributed by atoms with Crippen molar-refractivity contribution in [2.24, 2.45) is 0 Å². The summed E-state index contributed by atoms with van der Waals surface area (Å²) in [6, 6.07) is 11.0. The third-order valence-electron chi connectivity index (χ3n) is 4.56. The molecule has 0 radical (unpaired) electrons. The molecule has 6 nitrogen and oxygen atoms in total. The lowest BCUT2D eigenvalue weighted by Gasteiger charge is -2.25. The molecule has 0 aliphatic rings. The van der Waals surface area contributed by atoms with Gasteiger partial charge < -0.3 is 10.1 Å². The van der Waals surface area contributed by atoms with Gasteiger partial charge in [-0.1, -0.05) is 29.8 Å². The number of ether oxygens (including phenoxy) is 1. The molecule has 0 saturated heterocycles. The third-order valence-corrected chi connectivity index (χ3v) is 5.69. The Hall–Kier alpha value is -2.54. The molecule has 1 amide bonds. The highest BCUT2D eigenvalue weighted by molar-refractivity contribution is 7.92. The standard InChI is InChI=1S/C21H28N2O4S/c1-14-7-9-18(16(3)11-14)17(4)22-21(24)13-23(28(6,25)26)19-12-15(2)8-10-20(19)27-5/h7-12,17H,13H2,1-6H3,(H,22,24)/t17-/m0/s1. The molecule has 0 saturated carbocycles. The fraction of sp³-hybridized carbons (Fsp3) is 0.381. The van der Waals surface area contributed by atoms with Gasteiger partial charge in [0.2, 0.25) is 15.9 Å². The summed E-state index contributed by atoms with van der Waals surface area (Å²) < 4.78 is 31.1. The van der Waals surface area contributed by atoms with Crippen LogP contribution in [0, 0.1) is 20.8 Å². The van der Waals surface area contributed by atoms with E-state index in [2.05, 4.69) is 11.4 Å². The van der Waals surface area contributed by atoms with Gasteiger partial charge in [0.05, 0.1) is 25.1 Å². The van der Waals surface area contributed by atoms with Crippen LogP contribution in [0.2, 0.25) is 0 Å². The molecule has 7 heteroatoms. The van der Waals surface area contributed by atoms with Gasteiger partial charge in [0.25, 0.3) is 0 Å². The van der Waals surface area contributed by atoms with Crippen LogP contribution in [0.3, 0.4) is 0 Å². The highest BCUT2D eigenvalue weighted by atomic mass is 32.2. The van der Waals surface area contributed by atoms with Crippen LogP contribution < -0.4 is 14.4 Å². The zero-order valence-electron chi connectivity index (χ0n) is 17.2. The number of nitrogens with one attached hydrogen (secondary N) is 1. The maximum atomic E-state index is 12.7. The Bertz CT molecular complexity index is 970. The predicted molar refractivity (Wildman–Crippen MR) is 112 cm³/mol. The zero-order valence-corrected chi connectivity index (χ0v) is 18.1. The lowest BCUT2D eigenvalue weighted by Crippen LogP contribution is -2.41. The lowest BCUT2D eigenvalue weighted by atomic mass is 10.0. The zero-order chi connectivity index (χ0) is 21.1. The molecule has 1 N–H and O–H groups in total. The van der Waals surface area contributed by atoms with Crippen LogP contribution in [0.5, 0.6) is 5.75 Å². The quantitative estimate of drug-likeness (QED) is 0.769. The molecular weight excluding hydrogens is 376 g/mol. The summed E-state index contributed by atoms with van der Waals surface area (Å²) in [5.41, 5.74) is 4.44. The third kappa shape index (κ3) is 5.25. The van der Waals surface area contributed by atoms with Crippen LogP contribution in [-0.2, 0) is 14.8 Å². The van der Waals surface area contributed by atoms with Crippen molar-refractivity contribution >= 4 is 21.6 Å². The second kappa shape index (κ2) is 8.65. The first-order valence-electron chi connectivity index (χ1n) is 9.01. The van der Waals surface area contributed by atoms with Crippen molar-refractivity contribution in [1.29, 1.82) is 0 Å². The molecule has 0 spiro atoms. The van der Waals surface area contributed by atoms with Crippen molar-refractivity contribution in [3.8, 4) is 5.75 Å². The first-order chi connectivity index (χ1) is 13.0. The molecule has 0 heterocycles. The van der Waals surface area contributed by atoms with E-state index in [1.807, 2.05) is 45.9 Å². The van der Waals surface area contributed by atoms with Gasteiger partial charge in [0, 0.05) is 0 Å². The van der Waals surface area contributed by atoms with E-state index in [1.165, 1.54) is 7.11 Å². The van der Waals surface area contributed by atoms with E-state index in [4.69, 9.17) is 4.74 Å². The van der Waals surface area contributed by atoms with Crippen molar-refractivity contribution in [3.05, 3.63) is 58.7 Å². The normalized spacial score (nSPS) is 12.4. The van der Waals surface area contributed by atoms with Crippen LogP contribution in [0.25, 0.3) is 0 Å². The lowest BCUT2D eigenvalue weighted by molar-refractivity contribution is -0.120. The largest absolute Gasteiger partial charge is 0.495 e. The molecular formula is C21H28N2O4S. The Morgan fingerprint density at radius 2 is 1.71 bits per heavy atom. The van der Waals surface area contributed by atoms with Crippen LogP contribution in [0.1, 0.15) is 35.2 Å². The van der Waals surface area contributed by atoms with Gasteiger partial charge in [-0.2, -0.15) is 0 Å². The van der Waals surface area contributed by atoms with E-state index in [9.17, 15) is 13.2 Å². The summed E-state index contributed by atoms with van der Waals surface area (Å²) >= 11 is 0. The molecule has 2 rings (SSSR count). The fourth-order valence-electron chi connectivity index (χ4n) is 3.18. The maximum Gasteiger partial charge on any atom is 0.241 e. The summed E-state index contributed by atoms with van der Waals surface area (Å²) in [5.74, 6) is 0.00714. The van der Waals surface area contributed by atoms with Gasteiger partial charge in [-0.3, -0.25) is 9.10 Å². The molecule has 2 aromatic rings. The molecule has 0 aromatic heterocycles. The Balaban J connectivity index is 2.26. The number of sulfonamides is 1. The average molecular weight is 405 g/mol. The monoisotopic (exact) mass is 404 g/mol. The van der Waals surface area contributed by atoms with Crippen LogP contribution in [0.15, 0.2) is 36.4 Å². The molecule has 0 aliphatic carbocycles. The molecule has 1 atom stereocenters. The number of aryl methyl sites for hydroxylation is 3. The summed E-state index contributed by atoms with van der Waals surface area (Å²) in [7, 11) is -2.21. The van der Waals surface area contributed by atoms with Gasteiger partial charge in [-0.05, 0) is 56.5 Å². The van der Waals surface area contributed by atoms with Gasteiger partial charge in [0.15, 0.2) is 0 Å². The predicted octanol–water partition coefficient (Wildman–Crippen LogP) is 3.26. The first-order valence-corrected chi connectivity index (χ1v) is 10.9. The summed E-state index contributed by atoms with van der Waals surface area (Å²) in [5, 5.41) is 2.90. The van der Waals surface area contributed by atoms with Crippen LogP contribution in [0.4, 0.5) is 5.69 Å².